The minimum absolute atomic E-state index is 0.239. The second kappa shape index (κ2) is 9.88. The number of benzene rings is 1. The number of nitrogens with one attached hydrogen (secondary N) is 1. The Bertz CT molecular complexity index is 468. The lowest BCUT2D eigenvalue weighted by Gasteiger charge is -2.13. The van der Waals surface area contributed by atoms with E-state index in [0.29, 0.717) is 37.7 Å². The maximum Gasteiger partial charge on any atom is 0.253 e. The molecule has 0 bridgehead atoms. The average Bonchev–Trinajstić information content (AvgIpc) is 2.51. The van der Waals surface area contributed by atoms with E-state index in [1.54, 1.807) is 38.3 Å². The largest absolute Gasteiger partial charge is 0.382 e. The summed E-state index contributed by atoms with van der Waals surface area (Å²) in [5, 5.41) is 11.4. The first-order valence-corrected chi connectivity index (χ1v) is 6.66. The summed E-state index contributed by atoms with van der Waals surface area (Å²) in [6, 6.07) is 8.66. The van der Waals surface area contributed by atoms with Crippen LogP contribution in [-0.4, -0.2) is 45.5 Å². The molecular formula is C15H20N2O4. The summed E-state index contributed by atoms with van der Waals surface area (Å²) >= 11 is 0. The standard InChI is InChI=1S/C15H20N2O4/c1-12(21-10-9-20-8-7-19-2)15(18)17-14-5-3-13(11-16)4-6-14/h3-6,12H,7-10H2,1-2H3,(H,17,18). The lowest BCUT2D eigenvalue weighted by Crippen LogP contribution is -2.29. The smallest absolute Gasteiger partial charge is 0.253 e. The Morgan fingerprint density at radius 2 is 1.90 bits per heavy atom. The Balaban J connectivity index is 2.25. The Labute approximate surface area is 124 Å². The topological polar surface area (TPSA) is 80.6 Å². The van der Waals surface area contributed by atoms with Gasteiger partial charge in [0, 0.05) is 12.8 Å². The molecule has 0 fully saturated rings. The van der Waals surface area contributed by atoms with Crippen molar-refractivity contribution in [2.45, 2.75) is 13.0 Å². The van der Waals surface area contributed by atoms with Crippen LogP contribution in [0.4, 0.5) is 5.69 Å². The van der Waals surface area contributed by atoms with Crippen molar-refractivity contribution < 1.29 is 19.0 Å². The molecule has 0 aliphatic rings. The first-order valence-electron chi connectivity index (χ1n) is 6.66. The number of hydrogen-bond acceptors (Lipinski definition) is 5. The van der Waals surface area contributed by atoms with Gasteiger partial charge in [-0.25, -0.2) is 0 Å². The second-order valence-electron chi connectivity index (χ2n) is 4.30. The van der Waals surface area contributed by atoms with Gasteiger partial charge in [0.05, 0.1) is 38.1 Å². The van der Waals surface area contributed by atoms with Gasteiger partial charge in [0.25, 0.3) is 5.91 Å². The molecule has 0 saturated heterocycles. The van der Waals surface area contributed by atoms with E-state index in [1.807, 2.05) is 6.07 Å². The number of methoxy groups -OCH3 is 1. The lowest BCUT2D eigenvalue weighted by molar-refractivity contribution is -0.127. The van der Waals surface area contributed by atoms with Gasteiger partial charge in [-0.3, -0.25) is 4.79 Å². The zero-order chi connectivity index (χ0) is 15.5. The van der Waals surface area contributed by atoms with Crippen LogP contribution in [-0.2, 0) is 19.0 Å². The number of amides is 1. The highest BCUT2D eigenvalue weighted by Crippen LogP contribution is 2.09. The molecule has 6 nitrogen and oxygen atoms in total. The average molecular weight is 292 g/mol. The van der Waals surface area contributed by atoms with Crippen molar-refractivity contribution in [3.05, 3.63) is 29.8 Å². The zero-order valence-corrected chi connectivity index (χ0v) is 12.3. The minimum atomic E-state index is -0.577. The zero-order valence-electron chi connectivity index (χ0n) is 12.3. The predicted molar refractivity (Wildman–Crippen MR) is 77.9 cm³/mol. The van der Waals surface area contributed by atoms with Gasteiger partial charge in [0.1, 0.15) is 6.10 Å². The third kappa shape index (κ3) is 6.86. The molecule has 1 atom stereocenters. The fourth-order valence-electron chi connectivity index (χ4n) is 1.48. The molecule has 1 amide bonds. The molecule has 1 aromatic rings. The Hall–Kier alpha value is -1.94. The number of rotatable bonds is 9. The molecule has 1 aromatic carbocycles. The number of nitriles is 1. The van der Waals surface area contributed by atoms with Gasteiger partial charge in [-0.2, -0.15) is 5.26 Å². The third-order valence-electron chi connectivity index (χ3n) is 2.68. The first-order chi connectivity index (χ1) is 10.2. The van der Waals surface area contributed by atoms with Crippen LogP contribution in [0, 0.1) is 11.3 Å². The Morgan fingerprint density at radius 3 is 2.52 bits per heavy atom. The van der Waals surface area contributed by atoms with Gasteiger partial charge in [0.2, 0.25) is 0 Å². The van der Waals surface area contributed by atoms with E-state index < -0.39 is 6.10 Å². The highest BCUT2D eigenvalue weighted by Gasteiger charge is 2.13. The molecule has 0 aliphatic carbocycles. The van der Waals surface area contributed by atoms with E-state index in [0.717, 1.165) is 0 Å². The van der Waals surface area contributed by atoms with Crippen molar-refractivity contribution in [2.24, 2.45) is 0 Å². The minimum Gasteiger partial charge on any atom is -0.382 e. The molecule has 0 radical (unpaired) electrons. The summed E-state index contributed by atoms with van der Waals surface area (Å²) in [6.45, 7) is 3.47. The molecule has 6 heteroatoms. The summed E-state index contributed by atoms with van der Waals surface area (Å²) in [5.74, 6) is -0.239. The number of ether oxygens (including phenoxy) is 3. The Kier molecular flexibility index (Phi) is 8.05. The van der Waals surface area contributed by atoms with Crippen LogP contribution in [0.1, 0.15) is 12.5 Å². The third-order valence-corrected chi connectivity index (χ3v) is 2.68. The van der Waals surface area contributed by atoms with Crippen molar-refractivity contribution in [2.75, 3.05) is 38.9 Å². The summed E-state index contributed by atoms with van der Waals surface area (Å²) in [6.07, 6.45) is -0.577. The van der Waals surface area contributed by atoms with E-state index >= 15 is 0 Å². The first kappa shape index (κ1) is 17.1. The number of carbonyl (C=O) groups is 1. The predicted octanol–water partition coefficient (Wildman–Crippen LogP) is 1.56. The lowest BCUT2D eigenvalue weighted by atomic mass is 10.2. The summed E-state index contributed by atoms with van der Waals surface area (Å²) in [5.41, 5.74) is 1.18. The van der Waals surface area contributed by atoms with Gasteiger partial charge in [-0.05, 0) is 31.2 Å². The van der Waals surface area contributed by atoms with Crippen molar-refractivity contribution in [3.63, 3.8) is 0 Å². The normalized spacial score (nSPS) is 11.7. The summed E-state index contributed by atoms with van der Waals surface area (Å²) < 4.78 is 15.4. The van der Waals surface area contributed by atoms with Gasteiger partial charge in [0.15, 0.2) is 0 Å². The molecular weight excluding hydrogens is 272 g/mol. The van der Waals surface area contributed by atoms with Gasteiger partial charge >= 0.3 is 0 Å². The van der Waals surface area contributed by atoms with E-state index in [4.69, 9.17) is 19.5 Å². The second-order valence-corrected chi connectivity index (χ2v) is 4.30. The summed E-state index contributed by atoms with van der Waals surface area (Å²) in [4.78, 5) is 11.9. The number of nitrogens with zero attached hydrogens (tertiary/aromatic N) is 1. The molecule has 1 N–H and O–H groups in total. The molecule has 0 saturated carbocycles. The van der Waals surface area contributed by atoms with E-state index in [1.165, 1.54) is 0 Å². The van der Waals surface area contributed by atoms with E-state index in [-0.39, 0.29) is 5.91 Å². The molecule has 0 aromatic heterocycles. The molecule has 1 rings (SSSR count). The fraction of sp³-hybridized carbons (Fsp3) is 0.467. The SMILES string of the molecule is COCCOCCOC(C)C(=O)Nc1ccc(C#N)cc1. The molecule has 0 heterocycles. The molecule has 0 spiro atoms. The Morgan fingerprint density at radius 1 is 1.24 bits per heavy atom. The van der Waals surface area contributed by atoms with Crippen LogP contribution in [0.2, 0.25) is 0 Å². The van der Waals surface area contributed by atoms with E-state index in [2.05, 4.69) is 5.32 Å². The van der Waals surface area contributed by atoms with Crippen molar-refractivity contribution in [1.29, 1.82) is 5.26 Å². The number of hydrogen-bond donors (Lipinski definition) is 1. The van der Waals surface area contributed by atoms with Crippen LogP contribution in [0.3, 0.4) is 0 Å². The summed E-state index contributed by atoms with van der Waals surface area (Å²) in [7, 11) is 1.61. The highest BCUT2D eigenvalue weighted by molar-refractivity contribution is 5.93. The van der Waals surface area contributed by atoms with Crippen molar-refractivity contribution in [3.8, 4) is 6.07 Å². The number of anilines is 1. The monoisotopic (exact) mass is 292 g/mol. The van der Waals surface area contributed by atoms with Crippen LogP contribution in [0.15, 0.2) is 24.3 Å². The molecule has 21 heavy (non-hydrogen) atoms. The van der Waals surface area contributed by atoms with Crippen LogP contribution >= 0.6 is 0 Å². The van der Waals surface area contributed by atoms with Gasteiger partial charge in [-0.15, -0.1) is 0 Å². The quantitative estimate of drug-likeness (QED) is 0.699. The van der Waals surface area contributed by atoms with Gasteiger partial charge < -0.3 is 19.5 Å². The van der Waals surface area contributed by atoms with Crippen LogP contribution < -0.4 is 5.32 Å². The molecule has 114 valence electrons. The molecule has 1 unspecified atom stereocenters. The number of carbonyl (C=O) groups excluding carboxylic acids is 1. The maximum atomic E-state index is 11.9. The van der Waals surface area contributed by atoms with Gasteiger partial charge in [-0.1, -0.05) is 0 Å². The van der Waals surface area contributed by atoms with Crippen LogP contribution in [0.5, 0.6) is 0 Å². The van der Waals surface area contributed by atoms with Crippen molar-refractivity contribution in [1.82, 2.24) is 0 Å². The van der Waals surface area contributed by atoms with E-state index in [9.17, 15) is 4.79 Å². The molecule has 0 aliphatic heterocycles. The van der Waals surface area contributed by atoms with Crippen LogP contribution in [0.25, 0.3) is 0 Å². The highest BCUT2D eigenvalue weighted by atomic mass is 16.5. The fourth-order valence-corrected chi connectivity index (χ4v) is 1.48. The van der Waals surface area contributed by atoms with Crippen molar-refractivity contribution >= 4 is 11.6 Å². The maximum absolute atomic E-state index is 11.9.